The first-order valence-corrected chi connectivity index (χ1v) is 39.1. The highest BCUT2D eigenvalue weighted by Gasteiger charge is 2.24. The van der Waals surface area contributed by atoms with Crippen molar-refractivity contribution in [2.75, 3.05) is 0 Å². The second-order valence-electron chi connectivity index (χ2n) is 32.5. The molecule has 6 aromatic carbocycles. The Labute approximate surface area is 731 Å². The highest BCUT2D eigenvalue weighted by Crippen LogP contribution is 2.32. The van der Waals surface area contributed by atoms with Crippen LogP contribution >= 0.6 is 0 Å². The standard InChI is InChI=1S/C20H28N.C19H26N.2C18H24N.C17H22N.C16H20N/c1-14-8-9-18(15(2)10-14)19-11-17(12-20(4,5)6)16(3)13-21(19)7;1-13(2)9-17-11-19(20(6)12-16(17)5)18-8-7-14(3)10-15(18)4;1-12(2)17-11-19(6)18(10-15(17)5)16-8-7-13(3)9-14(16)4;1-13(2)10-16-8-9-19(5)18(12-16)17-7-6-14(3)11-15(17)4;1-11-7-13(3)15(5)16(8-11)17-9-12(2)14(4)10-18(17)6;1-11-6-7-16(17(5)10-11)15-9-12(2)8-13(3)14(15)4/h8-11,13H,12H2,1-7H3;7-8,10-13H,9H2,1-6H3;7-12H,1-6H3;6-9,11-13H,10H2,1-5H3;7-10H,1-6H3;6-10H,1-5H3/q6*+1/i1D3,3D3,12D2;3D3,5D3,9D2;1D3,3D3,12D;3D3,10D2;;. The Hall–Kier alpha value is -9.78. The van der Waals surface area contributed by atoms with Crippen molar-refractivity contribution in [2.45, 2.75) is 225 Å². The average Bonchev–Trinajstić information content (AvgIpc) is 0.746. The average molecular weight is 1550 g/mol. The molecule has 0 radical (unpaired) electrons. The van der Waals surface area contributed by atoms with Crippen molar-refractivity contribution >= 4 is 0 Å². The predicted octanol–water partition coefficient (Wildman–Crippen LogP) is 24.3. The molecule has 12 aromatic rings. The van der Waals surface area contributed by atoms with Gasteiger partial charge in [0.2, 0.25) is 34.2 Å². The summed E-state index contributed by atoms with van der Waals surface area (Å²) in [7, 11) is 11.3. The molecule has 0 saturated heterocycles. The van der Waals surface area contributed by atoms with Crippen molar-refractivity contribution in [3.05, 3.63) is 316 Å². The van der Waals surface area contributed by atoms with E-state index in [0.29, 0.717) is 33.6 Å². The Morgan fingerprint density at radius 2 is 0.675 bits per heavy atom. The maximum absolute atomic E-state index is 8.67. The Balaban J connectivity index is 0.000000233. The predicted molar refractivity (Wildman–Crippen MR) is 487 cm³/mol. The van der Waals surface area contributed by atoms with Gasteiger partial charge in [-0.15, -0.1) is 0 Å². The molecule has 114 heavy (non-hydrogen) atoms. The highest BCUT2D eigenvalue weighted by atomic mass is 14.9. The van der Waals surface area contributed by atoms with Gasteiger partial charge in [0.25, 0.3) is 0 Å². The lowest BCUT2D eigenvalue weighted by Crippen LogP contribution is -2.32. The van der Waals surface area contributed by atoms with Gasteiger partial charge in [-0.3, -0.25) is 0 Å². The first-order chi connectivity index (χ1) is 64.4. The molecular weight excluding hydrogens is 1380 g/mol. The van der Waals surface area contributed by atoms with Crippen LogP contribution in [0.4, 0.5) is 0 Å². The zero-order chi connectivity index (χ0) is 109. The first kappa shape index (κ1) is 58.1. The number of rotatable bonds is 12. The summed E-state index contributed by atoms with van der Waals surface area (Å²) in [5.41, 5.74) is 28.9. The van der Waals surface area contributed by atoms with E-state index in [0.717, 1.165) is 55.9 Å². The summed E-state index contributed by atoms with van der Waals surface area (Å²) in [5, 5.41) is 0. The summed E-state index contributed by atoms with van der Waals surface area (Å²) in [4.78, 5) is 0. The molecule has 6 heteroatoms. The monoisotopic (exact) mass is 1550 g/mol. The van der Waals surface area contributed by atoms with E-state index in [9.17, 15) is 0 Å². The van der Waals surface area contributed by atoms with E-state index in [1.807, 2.05) is 57.6 Å². The van der Waals surface area contributed by atoms with Crippen molar-refractivity contribution in [1.29, 1.82) is 0 Å². The summed E-state index contributed by atoms with van der Waals surface area (Å²) >= 11 is 0. The largest absolute Gasteiger partial charge is 0.212 e. The van der Waals surface area contributed by atoms with Gasteiger partial charge < -0.3 is 0 Å². The Kier molecular flexibility index (Phi) is 20.4. The molecule has 0 spiro atoms. The zero-order valence-corrected chi connectivity index (χ0v) is 73.2. The minimum absolute atomic E-state index is 0.0192. The van der Waals surface area contributed by atoms with Crippen LogP contribution in [0.15, 0.2) is 183 Å². The van der Waals surface area contributed by atoms with Crippen LogP contribution in [-0.4, -0.2) is 0 Å². The first-order valence-electron chi connectivity index (χ1n) is 53.1. The molecule has 0 amide bonds. The summed E-state index contributed by atoms with van der Waals surface area (Å²) < 4.78 is 231. The molecule has 600 valence electrons. The number of hydrogen-bond acceptors (Lipinski definition) is 0. The fourth-order valence-corrected chi connectivity index (χ4v) is 14.0. The second-order valence-corrected chi connectivity index (χ2v) is 32.5. The van der Waals surface area contributed by atoms with Crippen molar-refractivity contribution in [3.63, 3.8) is 0 Å². The van der Waals surface area contributed by atoms with Crippen molar-refractivity contribution in [1.82, 2.24) is 0 Å². The third-order valence-electron chi connectivity index (χ3n) is 20.2. The van der Waals surface area contributed by atoms with Gasteiger partial charge in [-0.1, -0.05) is 156 Å². The topological polar surface area (TPSA) is 23.3 Å². The summed E-state index contributed by atoms with van der Waals surface area (Å²) in [6.45, 7) is 26.4. The van der Waals surface area contributed by atoms with E-state index >= 15 is 0 Å². The summed E-state index contributed by atoms with van der Waals surface area (Å²) in [5.74, 6) is -2.28. The van der Waals surface area contributed by atoms with E-state index in [1.54, 1.807) is 175 Å². The van der Waals surface area contributed by atoms with E-state index in [1.165, 1.54) is 104 Å². The van der Waals surface area contributed by atoms with Crippen LogP contribution in [0.2, 0.25) is 0 Å². The van der Waals surface area contributed by atoms with Gasteiger partial charge in [0.05, 0.1) is 0 Å². The van der Waals surface area contributed by atoms with Crippen molar-refractivity contribution in [3.8, 4) is 67.5 Å². The molecule has 6 heterocycles. The molecule has 0 fully saturated rings. The lowest BCUT2D eigenvalue weighted by molar-refractivity contribution is -0.661. The number of benzene rings is 6. The molecule has 0 aliphatic carbocycles. The van der Waals surface area contributed by atoms with E-state index < -0.39 is 84.3 Å². The highest BCUT2D eigenvalue weighted by molar-refractivity contribution is 5.68. The molecule has 0 aliphatic heterocycles. The molecule has 6 aromatic heterocycles. The van der Waals surface area contributed by atoms with Crippen LogP contribution in [0.5, 0.6) is 0 Å². The number of pyridine rings is 6. The normalized spacial score (nSPS) is 16.4. The van der Waals surface area contributed by atoms with Gasteiger partial charge >= 0.3 is 0 Å². The van der Waals surface area contributed by atoms with Crippen LogP contribution in [0.3, 0.4) is 0 Å². The molecule has 1 atom stereocenters. The molecule has 0 bridgehead atoms. The smallest absolute Gasteiger partial charge is 0.201 e. The van der Waals surface area contributed by atoms with E-state index in [2.05, 4.69) is 140 Å². The summed E-state index contributed by atoms with van der Waals surface area (Å²) in [6.07, 6.45) is 5.67. The maximum atomic E-state index is 8.67. The van der Waals surface area contributed by atoms with Crippen LogP contribution in [-0.2, 0) is 61.4 Å². The molecule has 6 nitrogen and oxygen atoms in total. The van der Waals surface area contributed by atoms with Crippen LogP contribution in [0.1, 0.15) is 240 Å². The Morgan fingerprint density at radius 3 is 1.09 bits per heavy atom. The van der Waals surface area contributed by atoms with Gasteiger partial charge in [-0.2, -0.15) is 0 Å². The van der Waals surface area contributed by atoms with Crippen molar-refractivity contribution in [2.24, 2.45) is 59.5 Å². The van der Waals surface area contributed by atoms with Crippen LogP contribution in [0.25, 0.3) is 67.5 Å². The maximum Gasteiger partial charge on any atom is 0.212 e. The second kappa shape index (κ2) is 40.0. The fourth-order valence-electron chi connectivity index (χ4n) is 14.0. The lowest BCUT2D eigenvalue weighted by Gasteiger charge is -2.19. The minimum atomic E-state index is -2.47. The van der Waals surface area contributed by atoms with E-state index in [-0.39, 0.29) is 44.9 Å². The molecule has 12 rings (SSSR count). The van der Waals surface area contributed by atoms with E-state index in [4.69, 9.17) is 38.4 Å². The van der Waals surface area contributed by atoms with Gasteiger partial charge in [-0.25, -0.2) is 27.4 Å². The number of aromatic nitrogens is 6. The number of nitrogens with zero attached hydrogens (tertiary/aromatic N) is 6. The molecule has 0 N–H and O–H groups in total. The number of hydrogen-bond donors (Lipinski definition) is 0. The summed E-state index contributed by atoms with van der Waals surface area (Å²) in [6, 6.07) is 44.2. The van der Waals surface area contributed by atoms with Crippen molar-refractivity contribution < 1.29 is 65.8 Å². The minimum Gasteiger partial charge on any atom is -0.201 e. The quantitative estimate of drug-likeness (QED) is 0.109. The number of aryl methyl sites for hydroxylation is 24. The zero-order valence-electron chi connectivity index (χ0n) is 101. The van der Waals surface area contributed by atoms with Crippen LogP contribution < -0.4 is 27.4 Å². The molecule has 0 saturated carbocycles. The van der Waals surface area contributed by atoms with Gasteiger partial charge in [0.15, 0.2) is 37.2 Å². The Bertz CT molecular complexity index is 6590. The third kappa shape index (κ3) is 24.9. The van der Waals surface area contributed by atoms with Crippen LogP contribution in [0, 0.1) is 155 Å². The van der Waals surface area contributed by atoms with Gasteiger partial charge in [0, 0.05) is 142 Å². The van der Waals surface area contributed by atoms with Gasteiger partial charge in [0.1, 0.15) is 42.3 Å². The molecular formula is C108H144N6+6. The molecule has 1 unspecified atom stereocenters. The third-order valence-corrected chi connectivity index (χ3v) is 20.2. The Morgan fingerprint density at radius 1 is 0.307 bits per heavy atom. The molecule has 0 aliphatic rings. The van der Waals surface area contributed by atoms with Gasteiger partial charge in [-0.05, 0) is 295 Å². The fraction of sp³-hybridized carbons (Fsp3) is 0.389. The SMILES string of the molecule is Cc1cc(C)c(C)c(-c2cc(C)c(C)c[n+]2C)c1.Cc1cc(C)c(C)c(-c2ccc(C)c[n+]2C)c1.[2H]C([2H])([2H])c1ccc(-c2cc(C([2H])([2H])C(C)(C)C)c(C([2H])([2H])[2H])c[n+]2C)c(C)c1.[2H]C([2H])([2H])c1ccc(-c2cc(C([2H])([2H])C(C)C)c(C([2H])([2H])[2H])c[n+]2C)c(C)c1.[2H]C([2H])([2H])c1ccc(-c2cc(C([2H])([2H])C(C)C)cc[n+]2C)c(C)c1.[2H]C([2H])([2H])c1ccc(-c2cc(C)c(C([2H])(C)C([2H])([2H])[2H])c[n+]2C)c(C)c1. The lowest BCUT2D eigenvalue weighted by atomic mass is 9.86.